The summed E-state index contributed by atoms with van der Waals surface area (Å²) in [6.07, 6.45) is 0. The Morgan fingerprint density at radius 2 is 1.60 bits per heavy atom. The Balaban J connectivity index is 1.86. The first-order valence-corrected chi connectivity index (χ1v) is 6.83. The van der Waals surface area contributed by atoms with Gasteiger partial charge in [0.15, 0.2) is 11.5 Å². The third-order valence-corrected chi connectivity index (χ3v) is 3.22. The van der Waals surface area contributed by atoms with Crippen LogP contribution in [-0.2, 0) is 0 Å². The monoisotopic (exact) mass is 340 g/mol. The largest absolute Gasteiger partial charge is 0.493 e. The molecule has 0 saturated carbocycles. The second-order valence-corrected chi connectivity index (χ2v) is 4.78. The summed E-state index contributed by atoms with van der Waals surface area (Å²) in [6.45, 7) is 0.642. The van der Waals surface area contributed by atoms with Gasteiger partial charge in [-0.1, -0.05) is 12.1 Å². The standard InChI is InChI=1S/C15H14BrFO3/c1-18-13-4-2-3-5-14(13)19-8-9-20-15-10-11(17)6-7-12(15)16/h2-7,10H,8-9H2,1H3. The lowest BCUT2D eigenvalue weighted by Crippen LogP contribution is -2.09. The second-order valence-electron chi connectivity index (χ2n) is 3.92. The van der Waals surface area contributed by atoms with Gasteiger partial charge in [0.2, 0.25) is 0 Å². The van der Waals surface area contributed by atoms with E-state index in [1.807, 2.05) is 24.3 Å². The number of hydrogen-bond donors (Lipinski definition) is 0. The van der Waals surface area contributed by atoms with Gasteiger partial charge in [0.25, 0.3) is 0 Å². The van der Waals surface area contributed by atoms with Crippen LogP contribution in [-0.4, -0.2) is 20.3 Å². The van der Waals surface area contributed by atoms with Crippen LogP contribution in [0, 0.1) is 5.82 Å². The van der Waals surface area contributed by atoms with E-state index in [9.17, 15) is 4.39 Å². The van der Waals surface area contributed by atoms with Gasteiger partial charge >= 0.3 is 0 Å². The molecule has 2 aromatic rings. The van der Waals surface area contributed by atoms with Crippen molar-refractivity contribution in [2.24, 2.45) is 0 Å². The van der Waals surface area contributed by atoms with Crippen LogP contribution >= 0.6 is 15.9 Å². The van der Waals surface area contributed by atoms with E-state index in [1.165, 1.54) is 12.1 Å². The van der Waals surface area contributed by atoms with Crippen molar-refractivity contribution < 1.29 is 18.6 Å². The molecule has 0 aliphatic carbocycles. The average Bonchev–Trinajstić information content (AvgIpc) is 2.47. The van der Waals surface area contributed by atoms with E-state index < -0.39 is 0 Å². The molecule has 0 atom stereocenters. The Hall–Kier alpha value is -1.75. The predicted molar refractivity (Wildman–Crippen MR) is 78.1 cm³/mol. The number of methoxy groups -OCH3 is 1. The van der Waals surface area contributed by atoms with E-state index in [2.05, 4.69) is 15.9 Å². The Morgan fingerprint density at radius 1 is 0.950 bits per heavy atom. The summed E-state index contributed by atoms with van der Waals surface area (Å²) in [5, 5.41) is 0. The molecule has 2 aromatic carbocycles. The van der Waals surface area contributed by atoms with Crippen molar-refractivity contribution in [3.63, 3.8) is 0 Å². The Morgan fingerprint density at radius 3 is 2.30 bits per heavy atom. The van der Waals surface area contributed by atoms with Gasteiger partial charge in [-0.3, -0.25) is 0 Å². The topological polar surface area (TPSA) is 27.7 Å². The summed E-state index contributed by atoms with van der Waals surface area (Å²) >= 11 is 3.30. The average molecular weight is 341 g/mol. The van der Waals surface area contributed by atoms with E-state index in [0.29, 0.717) is 34.9 Å². The van der Waals surface area contributed by atoms with E-state index in [0.717, 1.165) is 0 Å². The van der Waals surface area contributed by atoms with Gasteiger partial charge in [-0.25, -0.2) is 4.39 Å². The van der Waals surface area contributed by atoms with Crippen LogP contribution in [0.25, 0.3) is 0 Å². The molecule has 0 aliphatic heterocycles. The highest BCUT2D eigenvalue weighted by Crippen LogP contribution is 2.27. The normalized spacial score (nSPS) is 10.2. The molecular weight excluding hydrogens is 327 g/mol. The molecule has 0 amide bonds. The summed E-state index contributed by atoms with van der Waals surface area (Å²) in [7, 11) is 1.59. The summed E-state index contributed by atoms with van der Waals surface area (Å²) in [5.41, 5.74) is 0. The number of rotatable bonds is 6. The van der Waals surface area contributed by atoms with Crippen LogP contribution in [0.3, 0.4) is 0 Å². The smallest absolute Gasteiger partial charge is 0.161 e. The van der Waals surface area contributed by atoms with E-state index in [4.69, 9.17) is 14.2 Å². The molecule has 0 radical (unpaired) electrons. The lowest BCUT2D eigenvalue weighted by Gasteiger charge is -2.11. The second kappa shape index (κ2) is 7.14. The van der Waals surface area contributed by atoms with Crippen LogP contribution in [0.15, 0.2) is 46.9 Å². The molecule has 0 unspecified atom stereocenters. The number of hydrogen-bond acceptors (Lipinski definition) is 3. The SMILES string of the molecule is COc1ccccc1OCCOc1cc(F)ccc1Br. The highest BCUT2D eigenvalue weighted by Gasteiger charge is 2.05. The molecular formula is C15H14BrFO3. The van der Waals surface area contributed by atoms with Crippen LogP contribution in [0.4, 0.5) is 4.39 Å². The zero-order chi connectivity index (χ0) is 14.4. The minimum absolute atomic E-state index is 0.306. The molecule has 2 rings (SSSR count). The fourth-order valence-electron chi connectivity index (χ4n) is 1.63. The molecule has 3 nitrogen and oxygen atoms in total. The number of benzene rings is 2. The van der Waals surface area contributed by atoms with Crippen molar-refractivity contribution in [2.45, 2.75) is 0 Å². The maximum absolute atomic E-state index is 13.1. The van der Waals surface area contributed by atoms with Crippen LogP contribution in [0.2, 0.25) is 0 Å². The lowest BCUT2D eigenvalue weighted by molar-refractivity contribution is 0.210. The fourth-order valence-corrected chi connectivity index (χ4v) is 1.99. The molecule has 0 bridgehead atoms. The fraction of sp³-hybridized carbons (Fsp3) is 0.200. The maximum atomic E-state index is 13.1. The van der Waals surface area contributed by atoms with E-state index in [1.54, 1.807) is 13.2 Å². The molecule has 20 heavy (non-hydrogen) atoms. The molecule has 0 saturated heterocycles. The quantitative estimate of drug-likeness (QED) is 0.742. The molecule has 5 heteroatoms. The van der Waals surface area contributed by atoms with Crippen molar-refractivity contribution in [1.82, 2.24) is 0 Å². The van der Waals surface area contributed by atoms with Gasteiger partial charge in [-0.05, 0) is 40.2 Å². The third-order valence-electron chi connectivity index (χ3n) is 2.56. The highest BCUT2D eigenvalue weighted by molar-refractivity contribution is 9.10. The molecule has 106 valence electrons. The van der Waals surface area contributed by atoms with Crippen LogP contribution in [0.1, 0.15) is 0 Å². The minimum Gasteiger partial charge on any atom is -0.493 e. The first-order valence-electron chi connectivity index (χ1n) is 6.04. The summed E-state index contributed by atoms with van der Waals surface area (Å²) in [6, 6.07) is 11.7. The molecule has 0 spiro atoms. The van der Waals surface area contributed by atoms with Crippen molar-refractivity contribution in [2.75, 3.05) is 20.3 Å². The number of ether oxygens (including phenoxy) is 3. The zero-order valence-corrected chi connectivity index (χ0v) is 12.5. The summed E-state index contributed by atoms with van der Waals surface area (Å²) < 4.78 is 30.0. The number of para-hydroxylation sites is 2. The predicted octanol–water partition coefficient (Wildman–Crippen LogP) is 4.05. The first kappa shape index (κ1) is 14.7. The van der Waals surface area contributed by atoms with Gasteiger partial charge in [0, 0.05) is 6.07 Å². The van der Waals surface area contributed by atoms with Gasteiger partial charge in [0.05, 0.1) is 11.6 Å². The van der Waals surface area contributed by atoms with E-state index >= 15 is 0 Å². The van der Waals surface area contributed by atoms with Gasteiger partial charge < -0.3 is 14.2 Å². The van der Waals surface area contributed by atoms with Crippen molar-refractivity contribution in [3.8, 4) is 17.2 Å². The first-order chi connectivity index (χ1) is 9.70. The third kappa shape index (κ3) is 3.87. The molecule has 0 N–H and O–H groups in total. The number of halogens is 2. The Bertz CT molecular complexity index is 575. The van der Waals surface area contributed by atoms with Crippen molar-refractivity contribution in [1.29, 1.82) is 0 Å². The van der Waals surface area contributed by atoms with Gasteiger partial charge in [-0.2, -0.15) is 0 Å². The highest BCUT2D eigenvalue weighted by atomic mass is 79.9. The summed E-state index contributed by atoms with van der Waals surface area (Å²) in [5.74, 6) is 1.43. The minimum atomic E-state index is -0.339. The van der Waals surface area contributed by atoms with Crippen molar-refractivity contribution in [3.05, 3.63) is 52.8 Å². The lowest BCUT2D eigenvalue weighted by atomic mass is 10.3. The molecule has 0 aromatic heterocycles. The maximum Gasteiger partial charge on any atom is 0.161 e. The van der Waals surface area contributed by atoms with Gasteiger partial charge in [0.1, 0.15) is 24.8 Å². The Labute approximate surface area is 125 Å². The molecule has 0 fully saturated rings. The summed E-state index contributed by atoms with van der Waals surface area (Å²) in [4.78, 5) is 0. The van der Waals surface area contributed by atoms with E-state index in [-0.39, 0.29) is 5.82 Å². The zero-order valence-electron chi connectivity index (χ0n) is 10.9. The molecule has 0 heterocycles. The Kier molecular flexibility index (Phi) is 5.24. The van der Waals surface area contributed by atoms with Crippen LogP contribution < -0.4 is 14.2 Å². The van der Waals surface area contributed by atoms with Gasteiger partial charge in [-0.15, -0.1) is 0 Å². The molecule has 0 aliphatic rings. The van der Waals surface area contributed by atoms with Crippen molar-refractivity contribution >= 4 is 15.9 Å². The van der Waals surface area contributed by atoms with Crippen LogP contribution in [0.5, 0.6) is 17.2 Å².